The number of carboxylic acid groups (broad SMARTS) is 1. The molecule has 1 aromatic rings. The molecular formula is C44H73N5O4. The molecule has 1 aromatic heterocycles. The molecule has 3 heterocycles. The second-order valence-electron chi connectivity index (χ2n) is 20.7. The highest BCUT2D eigenvalue weighted by Crippen LogP contribution is 2.75. The predicted octanol–water partition coefficient (Wildman–Crippen LogP) is 8.42. The third-order valence-corrected chi connectivity index (χ3v) is 18.0. The lowest BCUT2D eigenvalue weighted by Gasteiger charge is -2.71. The topological polar surface area (TPSA) is 102 Å². The Labute approximate surface area is 320 Å². The summed E-state index contributed by atoms with van der Waals surface area (Å²) < 4.78 is 16.5. The molecule has 0 unspecified atom stereocenters. The fourth-order valence-electron chi connectivity index (χ4n) is 13.7. The molecule has 2 N–H and O–H groups in total. The molecule has 298 valence electrons. The quantitative estimate of drug-likeness (QED) is 0.231. The zero-order valence-electron chi connectivity index (χ0n) is 35.1. The molecule has 0 amide bonds. The normalized spacial score (nSPS) is 43.0. The second-order valence-corrected chi connectivity index (χ2v) is 20.7. The van der Waals surface area contributed by atoms with E-state index in [4.69, 9.17) is 19.6 Å². The zero-order chi connectivity index (χ0) is 38.4. The first-order valence-corrected chi connectivity index (χ1v) is 21.4. The molecule has 0 aromatic carbocycles. The first-order chi connectivity index (χ1) is 24.9. The van der Waals surface area contributed by atoms with Crippen molar-refractivity contribution in [3.05, 3.63) is 18.0 Å². The fraction of sp³-hybridized carbons (Fsp3) is 0.886. The van der Waals surface area contributed by atoms with Crippen molar-refractivity contribution in [2.24, 2.45) is 62.6 Å². The molecule has 9 heteroatoms. The molecular weight excluding hydrogens is 663 g/mol. The first-order valence-electron chi connectivity index (χ1n) is 21.4. The van der Waals surface area contributed by atoms with Crippen molar-refractivity contribution in [2.45, 2.75) is 145 Å². The summed E-state index contributed by atoms with van der Waals surface area (Å²) in [4.78, 5) is 21.0. The molecule has 0 radical (unpaired) electrons. The van der Waals surface area contributed by atoms with E-state index in [1.165, 1.54) is 19.3 Å². The van der Waals surface area contributed by atoms with Gasteiger partial charge in [0.05, 0.1) is 37.9 Å². The molecule has 2 bridgehead atoms. The fourth-order valence-corrected chi connectivity index (χ4v) is 13.7. The van der Waals surface area contributed by atoms with Gasteiger partial charge in [0, 0.05) is 29.5 Å². The van der Waals surface area contributed by atoms with Crippen LogP contribution < -0.4 is 10.2 Å². The summed E-state index contributed by atoms with van der Waals surface area (Å²) in [7, 11) is 2.06. The lowest BCUT2D eigenvalue weighted by molar-refractivity contribution is -0.253. The molecule has 53 heavy (non-hydrogen) atoms. The number of aromatic nitrogens is 3. The summed E-state index contributed by atoms with van der Waals surface area (Å²) in [6.07, 6.45) is 13.8. The highest BCUT2D eigenvalue weighted by atomic mass is 16.5. The lowest BCUT2D eigenvalue weighted by atomic mass is 9.34. The first kappa shape index (κ1) is 39.3. The number of likely N-dealkylation sites (N-methyl/N-ethyl adjacent to an activating group) is 1. The number of carbonyl (C=O) groups is 1. The van der Waals surface area contributed by atoms with E-state index < -0.39 is 11.9 Å². The standard InChI is InChI=1S/C44H73N5O4/c1-28(2)30(5)39(6)19-20-41(8)31-15-16-34-40(7)24-52-26-44(34,32(31)17-18-42(41,9)35(39)37(50)51)23-33(36(40)53-25-43(10,45-11)29(3)4)49-38(46-27-47-49)48-21-13-12-14-22-48/h17,27-31,33-36,45H,12-16,18-26H2,1-11H3,(H,50,51)/t30-,31+,33-,34+,35-,36+,39-,40-,41-,42+,43+,44+/m1/s1. The number of rotatable bonds is 10. The van der Waals surface area contributed by atoms with Gasteiger partial charge in [-0.05, 0) is 118 Å². The van der Waals surface area contributed by atoms with Crippen LogP contribution in [0.25, 0.3) is 0 Å². The van der Waals surface area contributed by atoms with Gasteiger partial charge in [-0.3, -0.25) is 4.79 Å². The van der Waals surface area contributed by atoms with Gasteiger partial charge in [0.1, 0.15) is 6.33 Å². The highest BCUT2D eigenvalue weighted by molar-refractivity contribution is 5.73. The minimum atomic E-state index is -0.602. The number of aliphatic carboxylic acids is 1. The van der Waals surface area contributed by atoms with Crippen LogP contribution in [0.4, 0.5) is 5.95 Å². The molecule has 0 spiro atoms. The third-order valence-electron chi connectivity index (χ3n) is 18.0. The number of nitrogens with zero attached hydrogens (tertiary/aromatic N) is 4. The maximum Gasteiger partial charge on any atom is 0.307 e. The number of hydrogen-bond acceptors (Lipinski definition) is 7. The maximum absolute atomic E-state index is 13.6. The van der Waals surface area contributed by atoms with Crippen LogP contribution >= 0.6 is 0 Å². The van der Waals surface area contributed by atoms with Gasteiger partial charge in [0.25, 0.3) is 0 Å². The highest BCUT2D eigenvalue weighted by Gasteiger charge is 2.72. The number of allylic oxidation sites excluding steroid dienone is 1. The van der Waals surface area contributed by atoms with Crippen molar-refractivity contribution in [2.75, 3.05) is 44.9 Å². The SMILES string of the molecule is CN[C@@](C)(CO[C@H]1[C@H](n2ncnc2N2CCCCC2)C[C@@]23COC[C@]1(C)[C@@H]2CC[C@H]1C3=CC[C@@]2(C)[C@H](C(=O)O)[C@@](C)([C@H](C)C(C)C)CC[C@]12C)C(C)C. The van der Waals surface area contributed by atoms with Crippen molar-refractivity contribution < 1.29 is 19.4 Å². The number of nitrogens with one attached hydrogen (secondary N) is 1. The number of ether oxygens (including phenoxy) is 2. The van der Waals surface area contributed by atoms with Crippen molar-refractivity contribution >= 4 is 11.9 Å². The van der Waals surface area contributed by atoms with Crippen LogP contribution in [-0.4, -0.2) is 77.4 Å². The Balaban J connectivity index is 1.33. The Morgan fingerprint density at radius 1 is 1.06 bits per heavy atom. The monoisotopic (exact) mass is 736 g/mol. The summed E-state index contributed by atoms with van der Waals surface area (Å²) >= 11 is 0. The van der Waals surface area contributed by atoms with Crippen LogP contribution in [0.1, 0.15) is 133 Å². The summed E-state index contributed by atoms with van der Waals surface area (Å²) in [5.41, 5.74) is 0.289. The zero-order valence-corrected chi connectivity index (χ0v) is 35.1. The number of hydrogen-bond donors (Lipinski definition) is 2. The van der Waals surface area contributed by atoms with E-state index in [2.05, 4.69) is 97.3 Å². The van der Waals surface area contributed by atoms with E-state index in [0.717, 1.165) is 57.6 Å². The molecule has 12 atom stereocenters. The van der Waals surface area contributed by atoms with Crippen molar-refractivity contribution in [1.82, 2.24) is 20.1 Å². The van der Waals surface area contributed by atoms with Crippen LogP contribution in [0.2, 0.25) is 0 Å². The average Bonchev–Trinajstić information content (AvgIpc) is 3.61. The smallest absolute Gasteiger partial charge is 0.307 e. The molecule has 5 fully saturated rings. The number of anilines is 1. The molecule has 6 aliphatic rings. The summed E-state index contributed by atoms with van der Waals surface area (Å²) in [5.74, 6) is 1.88. The van der Waals surface area contributed by atoms with E-state index in [-0.39, 0.29) is 44.8 Å². The van der Waals surface area contributed by atoms with Crippen molar-refractivity contribution in [3.63, 3.8) is 0 Å². The molecule has 3 saturated carbocycles. The van der Waals surface area contributed by atoms with E-state index >= 15 is 0 Å². The Morgan fingerprint density at radius 3 is 2.42 bits per heavy atom. The summed E-state index contributed by atoms with van der Waals surface area (Å²) in [6.45, 7) is 27.3. The second kappa shape index (κ2) is 13.6. The molecule has 7 rings (SSSR count). The Morgan fingerprint density at radius 2 is 1.77 bits per heavy atom. The number of carboxylic acids is 1. The van der Waals surface area contributed by atoms with Gasteiger partial charge in [-0.15, -0.1) is 0 Å². The Bertz CT molecular complexity index is 1550. The van der Waals surface area contributed by atoms with Gasteiger partial charge in [0.15, 0.2) is 0 Å². The van der Waals surface area contributed by atoms with Gasteiger partial charge in [-0.1, -0.05) is 74.0 Å². The van der Waals surface area contributed by atoms with Crippen LogP contribution in [0.5, 0.6) is 0 Å². The van der Waals surface area contributed by atoms with Gasteiger partial charge >= 0.3 is 5.97 Å². The molecule has 4 aliphatic carbocycles. The molecule has 2 saturated heterocycles. The third kappa shape index (κ3) is 5.64. The van der Waals surface area contributed by atoms with Gasteiger partial charge in [0.2, 0.25) is 5.95 Å². The minimum absolute atomic E-state index is 0.00178. The maximum atomic E-state index is 13.6. The predicted molar refractivity (Wildman–Crippen MR) is 211 cm³/mol. The van der Waals surface area contributed by atoms with E-state index in [0.29, 0.717) is 49.4 Å². The van der Waals surface area contributed by atoms with Gasteiger partial charge < -0.3 is 24.8 Å². The van der Waals surface area contributed by atoms with Crippen LogP contribution in [0, 0.1) is 62.6 Å². The molecule has 2 aliphatic heterocycles. The van der Waals surface area contributed by atoms with Crippen LogP contribution in [0.3, 0.4) is 0 Å². The minimum Gasteiger partial charge on any atom is -0.481 e. The largest absolute Gasteiger partial charge is 0.481 e. The summed E-state index contributed by atoms with van der Waals surface area (Å²) in [6, 6.07) is 0.00178. The van der Waals surface area contributed by atoms with Crippen molar-refractivity contribution in [3.8, 4) is 0 Å². The van der Waals surface area contributed by atoms with Gasteiger partial charge in [-0.25, -0.2) is 4.68 Å². The van der Waals surface area contributed by atoms with E-state index in [1.807, 2.05) is 0 Å². The molecule has 9 nitrogen and oxygen atoms in total. The van der Waals surface area contributed by atoms with Crippen molar-refractivity contribution in [1.29, 1.82) is 0 Å². The number of fused-ring (bicyclic) bond motifs is 3. The van der Waals surface area contributed by atoms with E-state index in [1.54, 1.807) is 11.9 Å². The van der Waals surface area contributed by atoms with Gasteiger partial charge in [-0.2, -0.15) is 10.1 Å². The Hall–Kier alpha value is -1.97. The Kier molecular flexibility index (Phi) is 10.1. The van der Waals surface area contributed by atoms with Crippen LogP contribution in [0.15, 0.2) is 18.0 Å². The van der Waals surface area contributed by atoms with E-state index in [9.17, 15) is 9.90 Å². The number of piperidine rings is 1. The van der Waals surface area contributed by atoms with Crippen LogP contribution in [-0.2, 0) is 14.3 Å². The summed E-state index contributed by atoms with van der Waals surface area (Å²) in [5, 5.41) is 19.8. The average molecular weight is 736 g/mol. The lowest BCUT2D eigenvalue weighted by Crippen LogP contribution is -2.69.